The molecule has 0 radical (unpaired) electrons. The summed E-state index contributed by atoms with van der Waals surface area (Å²) in [4.78, 5) is 0. The van der Waals surface area contributed by atoms with Crippen LogP contribution in [0.1, 0.15) is 19.8 Å². The maximum absolute atomic E-state index is 10.9. The molecule has 1 fully saturated rings. The molecule has 0 aromatic heterocycles. The van der Waals surface area contributed by atoms with Gasteiger partial charge in [0.05, 0.1) is 6.10 Å². The van der Waals surface area contributed by atoms with Crippen LogP contribution in [0.4, 0.5) is 0 Å². The van der Waals surface area contributed by atoms with Crippen LogP contribution in [0.2, 0.25) is 0 Å². The third-order valence-corrected chi connectivity index (χ3v) is 3.31. The Bertz CT molecular complexity index is 252. The largest absolute Gasteiger partial charge is 0.393 e. The highest BCUT2D eigenvalue weighted by Crippen LogP contribution is 2.18. The molecule has 1 rings (SSSR count). The van der Waals surface area contributed by atoms with E-state index in [0.29, 0.717) is 19.4 Å². The zero-order valence-electron chi connectivity index (χ0n) is 6.97. The van der Waals surface area contributed by atoms with Gasteiger partial charge in [0.1, 0.15) is 0 Å². The van der Waals surface area contributed by atoms with Gasteiger partial charge in [-0.1, -0.05) is 0 Å². The van der Waals surface area contributed by atoms with Gasteiger partial charge in [0, 0.05) is 12.6 Å². The number of nitrogens with zero attached hydrogens (tertiary/aromatic N) is 1. The third kappa shape index (κ3) is 2.16. The van der Waals surface area contributed by atoms with Crippen molar-refractivity contribution in [1.29, 1.82) is 0 Å². The Kier molecular flexibility index (Phi) is 2.72. The molecule has 1 aliphatic heterocycles. The van der Waals surface area contributed by atoms with Gasteiger partial charge in [-0.05, 0) is 19.8 Å². The smallest absolute Gasteiger partial charge is 0.277 e. The average molecular weight is 194 g/mol. The van der Waals surface area contributed by atoms with Crippen LogP contribution < -0.4 is 5.14 Å². The number of rotatable bonds is 1. The van der Waals surface area contributed by atoms with Crippen molar-refractivity contribution in [3.05, 3.63) is 0 Å². The molecule has 3 N–H and O–H groups in total. The van der Waals surface area contributed by atoms with Crippen molar-refractivity contribution in [1.82, 2.24) is 4.31 Å². The Morgan fingerprint density at radius 3 is 2.58 bits per heavy atom. The first-order valence-electron chi connectivity index (χ1n) is 3.89. The lowest BCUT2D eigenvalue weighted by atomic mass is 10.0. The van der Waals surface area contributed by atoms with Gasteiger partial charge in [-0.25, -0.2) is 5.14 Å². The minimum atomic E-state index is -3.58. The van der Waals surface area contributed by atoms with Gasteiger partial charge in [-0.15, -0.1) is 0 Å². The van der Waals surface area contributed by atoms with Crippen LogP contribution >= 0.6 is 0 Å². The molecule has 1 aliphatic rings. The molecular weight excluding hydrogens is 180 g/mol. The van der Waals surface area contributed by atoms with E-state index in [4.69, 9.17) is 5.14 Å². The first-order chi connectivity index (χ1) is 5.41. The molecule has 0 bridgehead atoms. The highest BCUT2D eigenvalue weighted by atomic mass is 32.2. The summed E-state index contributed by atoms with van der Waals surface area (Å²) in [5.41, 5.74) is 0. The fourth-order valence-electron chi connectivity index (χ4n) is 1.50. The van der Waals surface area contributed by atoms with Crippen molar-refractivity contribution in [2.75, 3.05) is 6.54 Å². The zero-order chi connectivity index (χ0) is 9.35. The van der Waals surface area contributed by atoms with Crippen LogP contribution in [-0.2, 0) is 10.2 Å². The third-order valence-electron chi connectivity index (χ3n) is 2.11. The molecule has 1 saturated heterocycles. The van der Waals surface area contributed by atoms with Gasteiger partial charge >= 0.3 is 0 Å². The van der Waals surface area contributed by atoms with Crippen molar-refractivity contribution in [3.8, 4) is 0 Å². The number of piperidine rings is 1. The van der Waals surface area contributed by atoms with E-state index in [1.165, 1.54) is 4.31 Å². The van der Waals surface area contributed by atoms with Crippen LogP contribution in [0.15, 0.2) is 0 Å². The molecule has 12 heavy (non-hydrogen) atoms. The molecule has 0 aliphatic carbocycles. The van der Waals surface area contributed by atoms with Gasteiger partial charge in [0.25, 0.3) is 10.2 Å². The van der Waals surface area contributed by atoms with Crippen LogP contribution in [0.5, 0.6) is 0 Å². The number of nitrogens with two attached hydrogens (primary N) is 1. The van der Waals surface area contributed by atoms with Gasteiger partial charge in [-0.3, -0.25) is 0 Å². The normalized spacial score (nSPS) is 33.6. The van der Waals surface area contributed by atoms with Crippen molar-refractivity contribution in [3.63, 3.8) is 0 Å². The molecule has 0 aromatic carbocycles. The fraction of sp³-hybridized carbons (Fsp3) is 1.00. The van der Waals surface area contributed by atoms with Crippen LogP contribution in [0.25, 0.3) is 0 Å². The monoisotopic (exact) mass is 194 g/mol. The zero-order valence-corrected chi connectivity index (χ0v) is 7.79. The molecule has 0 aromatic rings. The first-order valence-corrected chi connectivity index (χ1v) is 5.39. The van der Waals surface area contributed by atoms with Crippen molar-refractivity contribution < 1.29 is 13.5 Å². The summed E-state index contributed by atoms with van der Waals surface area (Å²) in [6.45, 7) is 2.06. The summed E-state index contributed by atoms with van der Waals surface area (Å²) in [7, 11) is -3.58. The van der Waals surface area contributed by atoms with E-state index >= 15 is 0 Å². The summed E-state index contributed by atoms with van der Waals surface area (Å²) >= 11 is 0. The lowest BCUT2D eigenvalue weighted by Crippen LogP contribution is -2.48. The lowest BCUT2D eigenvalue weighted by Gasteiger charge is -2.33. The van der Waals surface area contributed by atoms with E-state index in [1.54, 1.807) is 6.92 Å². The number of aliphatic hydroxyl groups is 1. The molecule has 0 spiro atoms. The Morgan fingerprint density at radius 1 is 1.58 bits per heavy atom. The Morgan fingerprint density at radius 2 is 2.17 bits per heavy atom. The molecule has 1 heterocycles. The minimum absolute atomic E-state index is 0.191. The van der Waals surface area contributed by atoms with Gasteiger partial charge in [-0.2, -0.15) is 12.7 Å². The summed E-state index contributed by atoms with van der Waals surface area (Å²) in [5, 5.41) is 14.2. The quantitative estimate of drug-likeness (QED) is 0.563. The van der Waals surface area contributed by atoms with E-state index in [1.807, 2.05) is 0 Å². The second kappa shape index (κ2) is 3.29. The van der Waals surface area contributed by atoms with Gasteiger partial charge in [0.15, 0.2) is 0 Å². The first kappa shape index (κ1) is 9.91. The molecule has 6 heteroatoms. The Balaban J connectivity index is 2.69. The SMILES string of the molecule is C[C@H]1C[C@@H](O)CCN1S(N)(=O)=O. The summed E-state index contributed by atoms with van der Waals surface area (Å²) in [6.07, 6.45) is 0.551. The molecule has 0 saturated carbocycles. The molecule has 72 valence electrons. The molecule has 0 unspecified atom stereocenters. The second-order valence-electron chi connectivity index (χ2n) is 3.18. The topological polar surface area (TPSA) is 83.6 Å². The molecule has 5 nitrogen and oxygen atoms in total. The minimum Gasteiger partial charge on any atom is -0.393 e. The predicted octanol–water partition coefficient (Wildman–Crippen LogP) is -0.965. The van der Waals surface area contributed by atoms with E-state index in [0.717, 1.165) is 0 Å². The van der Waals surface area contributed by atoms with Crippen molar-refractivity contribution in [2.24, 2.45) is 5.14 Å². The summed E-state index contributed by atoms with van der Waals surface area (Å²) in [5.74, 6) is 0. The van der Waals surface area contributed by atoms with Crippen molar-refractivity contribution in [2.45, 2.75) is 31.9 Å². The van der Waals surface area contributed by atoms with Crippen LogP contribution in [0.3, 0.4) is 0 Å². The van der Waals surface area contributed by atoms with E-state index in [-0.39, 0.29) is 6.04 Å². The lowest BCUT2D eigenvalue weighted by molar-refractivity contribution is 0.0867. The highest BCUT2D eigenvalue weighted by molar-refractivity contribution is 7.86. The predicted molar refractivity (Wildman–Crippen MR) is 44.5 cm³/mol. The summed E-state index contributed by atoms with van der Waals surface area (Å²) < 4.78 is 23.1. The Labute approximate surface area is 72.3 Å². The molecule has 0 amide bonds. The maximum Gasteiger partial charge on any atom is 0.277 e. The number of hydrogen-bond acceptors (Lipinski definition) is 3. The van der Waals surface area contributed by atoms with Crippen LogP contribution in [0, 0.1) is 0 Å². The van der Waals surface area contributed by atoms with Gasteiger partial charge < -0.3 is 5.11 Å². The summed E-state index contributed by atoms with van der Waals surface area (Å²) in [6, 6.07) is -0.191. The number of hydrogen-bond donors (Lipinski definition) is 2. The maximum atomic E-state index is 10.9. The van der Waals surface area contributed by atoms with Crippen molar-refractivity contribution >= 4 is 10.2 Å². The average Bonchev–Trinajstić information content (AvgIpc) is 1.83. The fourth-order valence-corrected chi connectivity index (χ4v) is 2.45. The van der Waals surface area contributed by atoms with E-state index in [9.17, 15) is 13.5 Å². The number of aliphatic hydroxyl groups excluding tert-OH is 1. The highest BCUT2D eigenvalue weighted by Gasteiger charge is 2.30. The van der Waals surface area contributed by atoms with E-state index in [2.05, 4.69) is 0 Å². The van der Waals surface area contributed by atoms with E-state index < -0.39 is 16.3 Å². The van der Waals surface area contributed by atoms with Gasteiger partial charge in [0.2, 0.25) is 0 Å². The second-order valence-corrected chi connectivity index (χ2v) is 4.68. The standard InChI is InChI=1S/C6H14N2O3S/c1-5-4-6(9)2-3-8(5)12(7,10)11/h5-6,9H,2-4H2,1H3,(H2,7,10,11)/t5-,6-/m0/s1. The molecular formula is C6H14N2O3S. The Hall–Kier alpha value is -0.170. The molecule has 2 atom stereocenters. The van der Waals surface area contributed by atoms with Crippen LogP contribution in [-0.4, -0.2) is 36.5 Å².